The zero-order valence-electron chi connectivity index (χ0n) is 9.51. The number of carboxylic acid groups (broad SMARTS) is 1. The van der Waals surface area contributed by atoms with E-state index in [1.807, 2.05) is 6.92 Å². The largest absolute Gasteiger partial charge is 0.481 e. The van der Waals surface area contributed by atoms with Crippen LogP contribution in [0.5, 0.6) is 0 Å². The van der Waals surface area contributed by atoms with Gasteiger partial charge in [-0.3, -0.25) is 9.59 Å². The first-order valence-electron chi connectivity index (χ1n) is 5.39. The van der Waals surface area contributed by atoms with E-state index in [2.05, 4.69) is 0 Å². The molecule has 5 heteroatoms. The van der Waals surface area contributed by atoms with Gasteiger partial charge in [0.25, 0.3) is 0 Å². The Labute approximate surface area is 98.8 Å². The molecular formula is C12H14N2O3. The van der Waals surface area contributed by atoms with Gasteiger partial charge in [-0.1, -0.05) is 6.07 Å². The molecule has 3 N–H and O–H groups in total. The fourth-order valence-corrected chi connectivity index (χ4v) is 2.04. The van der Waals surface area contributed by atoms with Gasteiger partial charge in [-0.15, -0.1) is 0 Å². The molecule has 17 heavy (non-hydrogen) atoms. The summed E-state index contributed by atoms with van der Waals surface area (Å²) in [6, 6.07) is 5.31. The molecule has 1 fully saturated rings. The van der Waals surface area contributed by atoms with Crippen molar-refractivity contribution >= 4 is 23.3 Å². The summed E-state index contributed by atoms with van der Waals surface area (Å²) in [6.07, 6.45) is 0.0591. The molecule has 1 aromatic rings. The molecule has 1 aromatic carbocycles. The van der Waals surface area contributed by atoms with Crippen molar-refractivity contribution in [2.45, 2.75) is 13.3 Å². The molecule has 0 spiro atoms. The van der Waals surface area contributed by atoms with Gasteiger partial charge in [0.1, 0.15) is 0 Å². The van der Waals surface area contributed by atoms with E-state index < -0.39 is 11.9 Å². The number of rotatable bonds is 2. The first-order valence-corrected chi connectivity index (χ1v) is 5.39. The van der Waals surface area contributed by atoms with Crippen LogP contribution in [-0.4, -0.2) is 23.5 Å². The van der Waals surface area contributed by atoms with E-state index in [0.717, 1.165) is 5.56 Å². The van der Waals surface area contributed by atoms with Crippen LogP contribution in [-0.2, 0) is 9.59 Å². The fraction of sp³-hybridized carbons (Fsp3) is 0.333. The molecule has 5 nitrogen and oxygen atoms in total. The Hall–Kier alpha value is -2.04. The number of carboxylic acids is 1. The second kappa shape index (κ2) is 4.08. The Balaban J connectivity index is 2.32. The molecule has 2 rings (SSSR count). The minimum Gasteiger partial charge on any atom is -0.481 e. The SMILES string of the molecule is Cc1c(N)cccc1N1C[C@H](C(=O)O)CC1=O. The summed E-state index contributed by atoms with van der Waals surface area (Å²) in [4.78, 5) is 24.2. The highest BCUT2D eigenvalue weighted by molar-refractivity contribution is 6.00. The van der Waals surface area contributed by atoms with E-state index in [1.165, 1.54) is 4.90 Å². The average molecular weight is 234 g/mol. The monoisotopic (exact) mass is 234 g/mol. The van der Waals surface area contributed by atoms with Crippen LogP contribution in [0.2, 0.25) is 0 Å². The van der Waals surface area contributed by atoms with Crippen LogP contribution in [0, 0.1) is 12.8 Å². The van der Waals surface area contributed by atoms with Gasteiger partial charge in [0.15, 0.2) is 0 Å². The molecule has 1 aliphatic rings. The van der Waals surface area contributed by atoms with Crippen molar-refractivity contribution < 1.29 is 14.7 Å². The third-order valence-electron chi connectivity index (χ3n) is 3.11. The molecule has 0 aliphatic carbocycles. The normalized spacial score (nSPS) is 19.7. The number of carbonyl (C=O) groups is 2. The molecule has 0 saturated carbocycles. The van der Waals surface area contributed by atoms with Crippen LogP contribution >= 0.6 is 0 Å². The predicted octanol–water partition coefficient (Wildman–Crippen LogP) is 1.01. The number of amides is 1. The van der Waals surface area contributed by atoms with Crippen molar-refractivity contribution in [1.82, 2.24) is 0 Å². The van der Waals surface area contributed by atoms with Crippen molar-refractivity contribution in [2.24, 2.45) is 5.92 Å². The van der Waals surface area contributed by atoms with E-state index >= 15 is 0 Å². The molecule has 1 aliphatic heterocycles. The van der Waals surface area contributed by atoms with E-state index in [9.17, 15) is 9.59 Å². The van der Waals surface area contributed by atoms with E-state index in [-0.39, 0.29) is 18.9 Å². The zero-order chi connectivity index (χ0) is 12.6. The van der Waals surface area contributed by atoms with E-state index in [0.29, 0.717) is 11.4 Å². The lowest BCUT2D eigenvalue weighted by Crippen LogP contribution is -2.26. The number of hydrogen-bond donors (Lipinski definition) is 2. The molecule has 1 heterocycles. The van der Waals surface area contributed by atoms with E-state index in [1.54, 1.807) is 18.2 Å². The summed E-state index contributed by atoms with van der Waals surface area (Å²) >= 11 is 0. The highest BCUT2D eigenvalue weighted by atomic mass is 16.4. The van der Waals surface area contributed by atoms with Crippen molar-refractivity contribution in [3.63, 3.8) is 0 Å². The highest BCUT2D eigenvalue weighted by Crippen LogP contribution is 2.30. The molecule has 90 valence electrons. The number of nitrogens with two attached hydrogens (primary N) is 1. The number of carbonyl (C=O) groups excluding carboxylic acids is 1. The summed E-state index contributed by atoms with van der Waals surface area (Å²) in [5.74, 6) is -1.71. The average Bonchev–Trinajstić information content (AvgIpc) is 2.65. The molecule has 0 radical (unpaired) electrons. The first kappa shape index (κ1) is 11.4. The first-order chi connectivity index (χ1) is 8.00. The molecule has 1 atom stereocenters. The van der Waals surface area contributed by atoms with Crippen molar-refractivity contribution in [3.8, 4) is 0 Å². The van der Waals surface area contributed by atoms with Crippen molar-refractivity contribution in [3.05, 3.63) is 23.8 Å². The highest BCUT2D eigenvalue weighted by Gasteiger charge is 2.35. The Bertz CT molecular complexity index is 485. The number of anilines is 2. The number of nitrogens with zero attached hydrogens (tertiary/aromatic N) is 1. The molecule has 1 amide bonds. The Morgan fingerprint density at radius 3 is 2.82 bits per heavy atom. The Kier molecular flexibility index (Phi) is 2.75. The van der Waals surface area contributed by atoms with Crippen LogP contribution in [0.3, 0.4) is 0 Å². The predicted molar refractivity (Wildman–Crippen MR) is 63.7 cm³/mol. The van der Waals surface area contributed by atoms with Gasteiger partial charge >= 0.3 is 5.97 Å². The van der Waals surface area contributed by atoms with Gasteiger partial charge in [-0.2, -0.15) is 0 Å². The second-order valence-electron chi connectivity index (χ2n) is 4.23. The smallest absolute Gasteiger partial charge is 0.308 e. The maximum absolute atomic E-state index is 11.8. The lowest BCUT2D eigenvalue weighted by atomic mass is 10.1. The van der Waals surface area contributed by atoms with Crippen LogP contribution in [0.25, 0.3) is 0 Å². The lowest BCUT2D eigenvalue weighted by Gasteiger charge is -2.19. The van der Waals surface area contributed by atoms with Gasteiger partial charge in [0, 0.05) is 24.3 Å². The molecular weight excluding hydrogens is 220 g/mol. The number of nitrogen functional groups attached to an aromatic ring is 1. The summed E-state index contributed by atoms with van der Waals surface area (Å²) in [5, 5.41) is 8.92. The van der Waals surface area contributed by atoms with Crippen LogP contribution < -0.4 is 10.6 Å². The summed E-state index contributed by atoms with van der Waals surface area (Å²) in [5.41, 5.74) is 7.90. The maximum Gasteiger partial charge on any atom is 0.308 e. The molecule has 0 bridgehead atoms. The Morgan fingerprint density at radius 2 is 2.24 bits per heavy atom. The Morgan fingerprint density at radius 1 is 1.53 bits per heavy atom. The van der Waals surface area contributed by atoms with Gasteiger partial charge in [-0.25, -0.2) is 0 Å². The maximum atomic E-state index is 11.8. The molecule has 0 unspecified atom stereocenters. The van der Waals surface area contributed by atoms with Crippen LogP contribution in [0.4, 0.5) is 11.4 Å². The number of benzene rings is 1. The van der Waals surface area contributed by atoms with Crippen molar-refractivity contribution in [2.75, 3.05) is 17.2 Å². The third kappa shape index (κ3) is 1.95. The van der Waals surface area contributed by atoms with Gasteiger partial charge < -0.3 is 15.7 Å². The quantitative estimate of drug-likeness (QED) is 0.748. The zero-order valence-corrected chi connectivity index (χ0v) is 9.51. The summed E-state index contributed by atoms with van der Waals surface area (Å²) in [7, 11) is 0. The fourth-order valence-electron chi connectivity index (χ4n) is 2.04. The second-order valence-corrected chi connectivity index (χ2v) is 4.23. The minimum absolute atomic E-state index is 0.0591. The number of hydrogen-bond acceptors (Lipinski definition) is 3. The van der Waals surface area contributed by atoms with Gasteiger partial charge in [0.2, 0.25) is 5.91 Å². The minimum atomic E-state index is -0.928. The lowest BCUT2D eigenvalue weighted by molar-refractivity contribution is -0.141. The summed E-state index contributed by atoms with van der Waals surface area (Å²) < 4.78 is 0. The topological polar surface area (TPSA) is 83.6 Å². The number of aliphatic carboxylic acids is 1. The van der Waals surface area contributed by atoms with Gasteiger partial charge in [-0.05, 0) is 24.6 Å². The van der Waals surface area contributed by atoms with Crippen LogP contribution in [0.1, 0.15) is 12.0 Å². The van der Waals surface area contributed by atoms with Crippen LogP contribution in [0.15, 0.2) is 18.2 Å². The van der Waals surface area contributed by atoms with E-state index in [4.69, 9.17) is 10.8 Å². The van der Waals surface area contributed by atoms with Crippen molar-refractivity contribution in [1.29, 1.82) is 0 Å². The van der Waals surface area contributed by atoms with Gasteiger partial charge in [0.05, 0.1) is 5.92 Å². The summed E-state index contributed by atoms with van der Waals surface area (Å²) in [6.45, 7) is 2.05. The molecule has 0 aromatic heterocycles. The molecule has 1 saturated heterocycles. The third-order valence-corrected chi connectivity index (χ3v) is 3.11. The standard InChI is InChI=1S/C12H14N2O3/c1-7-9(13)3-2-4-10(7)14-6-8(12(16)17)5-11(14)15/h2-4,8H,5-6,13H2,1H3,(H,16,17)/t8-/m1/s1.